The van der Waals surface area contributed by atoms with Crippen molar-refractivity contribution in [3.63, 3.8) is 0 Å². The number of carbonyl (C=O) groups is 1. The maximum absolute atomic E-state index is 11.5. The number of nitrogens with one attached hydrogen (secondary N) is 1. The van der Waals surface area contributed by atoms with Crippen LogP contribution in [0.1, 0.15) is 38.9 Å². The Bertz CT molecular complexity index is 418. The van der Waals surface area contributed by atoms with Crippen molar-refractivity contribution in [2.24, 2.45) is 0 Å². The van der Waals surface area contributed by atoms with E-state index in [-0.39, 0.29) is 6.04 Å². The standard InChI is InChI=1S/C14H21NO3S/c1-10(2)15-14(13(16)17)6-5-12(8-14)19-9-11-4-3-7-18-11/h3-4,7,10,12,15H,5-6,8-9H2,1-2H3,(H,16,17). The van der Waals surface area contributed by atoms with Gasteiger partial charge in [-0.05, 0) is 45.2 Å². The largest absolute Gasteiger partial charge is 0.480 e. The number of furan rings is 1. The molecule has 1 aliphatic rings. The first-order valence-electron chi connectivity index (χ1n) is 6.67. The minimum atomic E-state index is -0.741. The van der Waals surface area contributed by atoms with Gasteiger partial charge >= 0.3 is 5.97 Å². The maximum Gasteiger partial charge on any atom is 0.323 e. The fourth-order valence-electron chi connectivity index (χ4n) is 2.68. The van der Waals surface area contributed by atoms with Crippen LogP contribution in [0.5, 0.6) is 0 Å². The lowest BCUT2D eigenvalue weighted by Crippen LogP contribution is -2.53. The van der Waals surface area contributed by atoms with Crippen LogP contribution >= 0.6 is 11.8 Å². The van der Waals surface area contributed by atoms with Crippen molar-refractivity contribution in [1.82, 2.24) is 5.32 Å². The molecule has 0 aliphatic heterocycles. The summed E-state index contributed by atoms with van der Waals surface area (Å²) >= 11 is 1.79. The van der Waals surface area contributed by atoms with Gasteiger partial charge < -0.3 is 9.52 Å². The highest BCUT2D eigenvalue weighted by Crippen LogP contribution is 2.38. The van der Waals surface area contributed by atoms with E-state index in [1.54, 1.807) is 18.0 Å². The molecule has 0 amide bonds. The lowest BCUT2D eigenvalue weighted by atomic mass is 9.97. The minimum Gasteiger partial charge on any atom is -0.480 e. The molecule has 2 unspecified atom stereocenters. The van der Waals surface area contributed by atoms with E-state index in [1.165, 1.54) is 0 Å². The Kier molecular flexibility index (Phi) is 4.58. The van der Waals surface area contributed by atoms with Crippen LogP contribution in [-0.4, -0.2) is 27.9 Å². The van der Waals surface area contributed by atoms with Crippen molar-refractivity contribution in [3.05, 3.63) is 24.2 Å². The molecule has 2 atom stereocenters. The Balaban J connectivity index is 1.91. The SMILES string of the molecule is CC(C)NC1(C(=O)O)CCC(SCc2ccco2)C1. The summed E-state index contributed by atoms with van der Waals surface area (Å²) in [5, 5.41) is 13.1. The summed E-state index contributed by atoms with van der Waals surface area (Å²) in [5.41, 5.74) is -0.741. The number of carboxylic acids is 1. The molecular weight excluding hydrogens is 262 g/mol. The quantitative estimate of drug-likeness (QED) is 0.840. The zero-order valence-electron chi connectivity index (χ0n) is 11.4. The average molecular weight is 283 g/mol. The van der Waals surface area contributed by atoms with Crippen molar-refractivity contribution in [2.45, 2.75) is 55.7 Å². The van der Waals surface area contributed by atoms with Gasteiger partial charge in [-0.1, -0.05) is 0 Å². The molecule has 0 bridgehead atoms. The number of thioether (sulfide) groups is 1. The van der Waals surface area contributed by atoms with Gasteiger partial charge in [-0.15, -0.1) is 0 Å². The van der Waals surface area contributed by atoms with E-state index in [9.17, 15) is 9.90 Å². The van der Waals surface area contributed by atoms with E-state index in [4.69, 9.17) is 4.42 Å². The van der Waals surface area contributed by atoms with Gasteiger partial charge in [0.15, 0.2) is 0 Å². The topological polar surface area (TPSA) is 62.5 Å². The van der Waals surface area contributed by atoms with Gasteiger partial charge in [0.05, 0.1) is 12.0 Å². The molecule has 19 heavy (non-hydrogen) atoms. The molecular formula is C14H21NO3S. The van der Waals surface area contributed by atoms with Gasteiger partial charge in [-0.25, -0.2) is 0 Å². The summed E-state index contributed by atoms with van der Waals surface area (Å²) in [7, 11) is 0. The summed E-state index contributed by atoms with van der Waals surface area (Å²) in [4.78, 5) is 11.5. The molecule has 1 heterocycles. The number of carboxylic acid groups (broad SMARTS) is 1. The van der Waals surface area contributed by atoms with Gasteiger partial charge in [0.25, 0.3) is 0 Å². The third kappa shape index (κ3) is 3.54. The normalized spacial score (nSPS) is 27.0. The lowest BCUT2D eigenvalue weighted by molar-refractivity contribution is -0.145. The molecule has 2 rings (SSSR count). The van der Waals surface area contributed by atoms with Crippen molar-refractivity contribution >= 4 is 17.7 Å². The van der Waals surface area contributed by atoms with Crippen molar-refractivity contribution in [2.75, 3.05) is 0 Å². The summed E-state index contributed by atoms with van der Waals surface area (Å²) in [5.74, 6) is 1.05. The van der Waals surface area contributed by atoms with Crippen LogP contribution in [0.25, 0.3) is 0 Å². The first-order chi connectivity index (χ1) is 9.02. The van der Waals surface area contributed by atoms with Crippen molar-refractivity contribution < 1.29 is 14.3 Å². The molecule has 0 saturated heterocycles. The first kappa shape index (κ1) is 14.5. The summed E-state index contributed by atoms with van der Waals surface area (Å²) in [6.45, 7) is 3.99. The maximum atomic E-state index is 11.5. The summed E-state index contributed by atoms with van der Waals surface area (Å²) in [6, 6.07) is 4.02. The smallest absolute Gasteiger partial charge is 0.323 e. The highest BCUT2D eigenvalue weighted by Gasteiger charge is 2.45. The third-order valence-electron chi connectivity index (χ3n) is 3.48. The van der Waals surface area contributed by atoms with Crippen LogP contribution in [0.15, 0.2) is 22.8 Å². The summed E-state index contributed by atoms with van der Waals surface area (Å²) in [6.07, 6.45) is 4.01. The second-order valence-electron chi connectivity index (χ2n) is 5.44. The molecule has 4 nitrogen and oxygen atoms in total. The highest BCUT2D eigenvalue weighted by atomic mass is 32.2. The van der Waals surface area contributed by atoms with Crippen molar-refractivity contribution in [1.29, 1.82) is 0 Å². The zero-order valence-corrected chi connectivity index (χ0v) is 12.2. The Hall–Kier alpha value is -0.940. The van der Waals surface area contributed by atoms with Gasteiger partial charge in [0, 0.05) is 11.3 Å². The minimum absolute atomic E-state index is 0.185. The van der Waals surface area contributed by atoms with Crippen LogP contribution in [0.2, 0.25) is 0 Å². The van der Waals surface area contributed by atoms with Gasteiger partial charge in [-0.2, -0.15) is 11.8 Å². The number of hydrogen-bond acceptors (Lipinski definition) is 4. The third-order valence-corrected chi connectivity index (χ3v) is 4.81. The monoisotopic (exact) mass is 283 g/mol. The average Bonchev–Trinajstić information content (AvgIpc) is 2.95. The molecule has 5 heteroatoms. The molecule has 1 aromatic rings. The van der Waals surface area contributed by atoms with Crippen molar-refractivity contribution in [3.8, 4) is 0 Å². The van der Waals surface area contributed by atoms with Gasteiger partial charge in [0.2, 0.25) is 0 Å². The van der Waals surface area contributed by atoms with E-state index in [0.29, 0.717) is 18.1 Å². The molecule has 106 valence electrons. The second kappa shape index (κ2) is 6.01. The van der Waals surface area contributed by atoms with Crippen LogP contribution in [0.3, 0.4) is 0 Å². The van der Waals surface area contributed by atoms with Gasteiger partial charge in [0.1, 0.15) is 11.3 Å². The molecule has 1 aromatic heterocycles. The van der Waals surface area contributed by atoms with E-state index in [2.05, 4.69) is 5.32 Å². The molecule has 1 saturated carbocycles. The number of aliphatic carboxylic acids is 1. The fraction of sp³-hybridized carbons (Fsp3) is 0.643. The van der Waals surface area contributed by atoms with Crippen LogP contribution < -0.4 is 5.32 Å². The molecule has 0 radical (unpaired) electrons. The second-order valence-corrected chi connectivity index (χ2v) is 6.73. The predicted octanol–water partition coefficient (Wildman–Crippen LogP) is 2.89. The zero-order chi connectivity index (χ0) is 13.9. The molecule has 1 aliphatic carbocycles. The van der Waals surface area contributed by atoms with E-state index in [0.717, 1.165) is 17.9 Å². The van der Waals surface area contributed by atoms with E-state index >= 15 is 0 Å². The molecule has 0 spiro atoms. The lowest BCUT2D eigenvalue weighted by Gasteiger charge is -2.28. The van der Waals surface area contributed by atoms with E-state index in [1.807, 2.05) is 26.0 Å². The van der Waals surface area contributed by atoms with Gasteiger partial charge in [-0.3, -0.25) is 10.1 Å². The first-order valence-corrected chi connectivity index (χ1v) is 7.72. The predicted molar refractivity (Wildman–Crippen MR) is 76.3 cm³/mol. The molecule has 1 fully saturated rings. The highest BCUT2D eigenvalue weighted by molar-refractivity contribution is 7.99. The Morgan fingerprint density at radius 2 is 2.47 bits per heavy atom. The van der Waals surface area contributed by atoms with Crippen LogP contribution in [-0.2, 0) is 10.5 Å². The fourth-order valence-corrected chi connectivity index (χ4v) is 3.93. The number of hydrogen-bond donors (Lipinski definition) is 2. The Morgan fingerprint density at radius 3 is 3.05 bits per heavy atom. The van der Waals surface area contributed by atoms with Crippen LogP contribution in [0, 0.1) is 0 Å². The Morgan fingerprint density at radius 1 is 1.68 bits per heavy atom. The molecule has 0 aromatic carbocycles. The molecule has 2 N–H and O–H groups in total. The Labute approximate surface area is 117 Å². The van der Waals surface area contributed by atoms with E-state index < -0.39 is 11.5 Å². The number of rotatable bonds is 6. The summed E-state index contributed by atoms with van der Waals surface area (Å²) < 4.78 is 5.30. The van der Waals surface area contributed by atoms with Crippen LogP contribution in [0.4, 0.5) is 0 Å².